The monoisotopic (exact) mass is 254 g/mol. The Labute approximate surface area is 110 Å². The van der Waals surface area contributed by atoms with Gasteiger partial charge in [0.25, 0.3) is 0 Å². The zero-order valence-corrected chi connectivity index (χ0v) is 10.4. The second kappa shape index (κ2) is 4.67. The van der Waals surface area contributed by atoms with E-state index in [9.17, 15) is 0 Å². The highest BCUT2D eigenvalue weighted by Crippen LogP contribution is 2.30. The Morgan fingerprint density at radius 2 is 1.61 bits per heavy atom. The maximum atomic E-state index is 6.37. The van der Waals surface area contributed by atoms with E-state index in [1.54, 1.807) is 0 Å². The SMILES string of the molecule is Clc1c(Nc2ccccc2)ncc2ccccc12. The fraction of sp³-hybridized carbons (Fsp3) is 0. The van der Waals surface area contributed by atoms with Crippen molar-refractivity contribution >= 4 is 33.9 Å². The van der Waals surface area contributed by atoms with Gasteiger partial charge in [0.2, 0.25) is 0 Å². The van der Waals surface area contributed by atoms with Crippen molar-refractivity contribution in [1.29, 1.82) is 0 Å². The van der Waals surface area contributed by atoms with Crippen molar-refractivity contribution in [2.24, 2.45) is 0 Å². The molecule has 0 atom stereocenters. The van der Waals surface area contributed by atoms with Crippen LogP contribution < -0.4 is 5.32 Å². The van der Waals surface area contributed by atoms with E-state index >= 15 is 0 Å². The van der Waals surface area contributed by atoms with E-state index in [0.29, 0.717) is 10.8 Å². The Hall–Kier alpha value is -2.06. The minimum absolute atomic E-state index is 0.650. The van der Waals surface area contributed by atoms with Crippen molar-refractivity contribution in [2.75, 3.05) is 5.32 Å². The molecule has 18 heavy (non-hydrogen) atoms. The van der Waals surface area contributed by atoms with Crippen LogP contribution in [-0.4, -0.2) is 4.98 Å². The number of hydrogen-bond acceptors (Lipinski definition) is 2. The summed E-state index contributed by atoms with van der Waals surface area (Å²) in [5.41, 5.74) is 0.974. The third kappa shape index (κ3) is 2.03. The van der Waals surface area contributed by atoms with E-state index in [1.807, 2.05) is 60.8 Å². The van der Waals surface area contributed by atoms with Crippen LogP contribution in [0.25, 0.3) is 10.8 Å². The van der Waals surface area contributed by atoms with Gasteiger partial charge in [-0.05, 0) is 12.1 Å². The first kappa shape index (κ1) is 11.1. The van der Waals surface area contributed by atoms with E-state index in [1.165, 1.54) is 0 Å². The number of nitrogens with zero attached hydrogens (tertiary/aromatic N) is 1. The summed E-state index contributed by atoms with van der Waals surface area (Å²) in [5, 5.41) is 5.92. The number of anilines is 2. The molecule has 1 heterocycles. The third-order valence-electron chi connectivity index (χ3n) is 2.77. The highest BCUT2D eigenvalue weighted by atomic mass is 35.5. The molecular weight excluding hydrogens is 244 g/mol. The molecule has 0 aliphatic heterocycles. The summed E-state index contributed by atoms with van der Waals surface area (Å²) in [6, 6.07) is 17.8. The van der Waals surface area contributed by atoms with Crippen LogP contribution in [0.3, 0.4) is 0 Å². The van der Waals surface area contributed by atoms with E-state index in [4.69, 9.17) is 11.6 Å². The molecule has 3 rings (SSSR count). The van der Waals surface area contributed by atoms with Crippen LogP contribution in [0.15, 0.2) is 60.8 Å². The van der Waals surface area contributed by atoms with Gasteiger partial charge in [-0.1, -0.05) is 54.1 Å². The first-order valence-corrected chi connectivity index (χ1v) is 6.08. The number of aromatic nitrogens is 1. The standard InChI is InChI=1S/C15H11ClN2/c16-14-13-9-5-4-6-11(13)10-17-15(14)18-12-7-2-1-3-8-12/h1-10H,(H,17,18). The Kier molecular flexibility index (Phi) is 2.87. The largest absolute Gasteiger partial charge is 0.339 e. The summed E-state index contributed by atoms with van der Waals surface area (Å²) in [7, 11) is 0. The number of benzene rings is 2. The number of fused-ring (bicyclic) bond motifs is 1. The van der Waals surface area contributed by atoms with Gasteiger partial charge in [-0.15, -0.1) is 0 Å². The van der Waals surface area contributed by atoms with Crippen molar-refractivity contribution in [2.45, 2.75) is 0 Å². The molecule has 0 saturated heterocycles. The van der Waals surface area contributed by atoms with Gasteiger partial charge in [0, 0.05) is 22.7 Å². The van der Waals surface area contributed by atoms with Gasteiger partial charge in [0.1, 0.15) is 5.82 Å². The van der Waals surface area contributed by atoms with Crippen LogP contribution in [0.2, 0.25) is 5.02 Å². The minimum Gasteiger partial charge on any atom is -0.339 e. The Morgan fingerprint density at radius 3 is 2.44 bits per heavy atom. The number of para-hydroxylation sites is 1. The summed E-state index contributed by atoms with van der Waals surface area (Å²) in [4.78, 5) is 4.36. The van der Waals surface area contributed by atoms with Crippen LogP contribution in [0.1, 0.15) is 0 Å². The van der Waals surface area contributed by atoms with E-state index < -0.39 is 0 Å². The first-order valence-electron chi connectivity index (χ1n) is 5.70. The van der Waals surface area contributed by atoms with Crippen LogP contribution in [0.4, 0.5) is 11.5 Å². The van der Waals surface area contributed by atoms with Crippen molar-refractivity contribution in [3.05, 3.63) is 65.8 Å². The summed E-state index contributed by atoms with van der Waals surface area (Å²) in [6.45, 7) is 0. The average molecular weight is 255 g/mol. The molecule has 0 radical (unpaired) electrons. The molecule has 0 bridgehead atoms. The lowest BCUT2D eigenvalue weighted by Crippen LogP contribution is -1.94. The van der Waals surface area contributed by atoms with Gasteiger partial charge in [0.05, 0.1) is 5.02 Å². The highest BCUT2D eigenvalue weighted by molar-refractivity contribution is 6.37. The fourth-order valence-electron chi connectivity index (χ4n) is 1.87. The van der Waals surface area contributed by atoms with Gasteiger partial charge in [-0.25, -0.2) is 4.98 Å². The fourth-order valence-corrected chi connectivity index (χ4v) is 2.14. The zero-order valence-electron chi connectivity index (χ0n) is 9.60. The number of nitrogens with one attached hydrogen (secondary N) is 1. The smallest absolute Gasteiger partial charge is 0.149 e. The Balaban J connectivity index is 2.05. The van der Waals surface area contributed by atoms with Crippen LogP contribution >= 0.6 is 11.6 Å². The molecule has 88 valence electrons. The molecule has 0 aliphatic rings. The molecule has 2 aromatic carbocycles. The van der Waals surface area contributed by atoms with E-state index in [-0.39, 0.29) is 0 Å². The molecule has 0 fully saturated rings. The highest BCUT2D eigenvalue weighted by Gasteiger charge is 2.06. The van der Waals surface area contributed by atoms with Gasteiger partial charge in [-0.3, -0.25) is 0 Å². The maximum Gasteiger partial charge on any atom is 0.149 e. The quantitative estimate of drug-likeness (QED) is 0.721. The molecule has 0 amide bonds. The zero-order chi connectivity index (χ0) is 12.4. The summed E-state index contributed by atoms with van der Waals surface area (Å²) in [6.07, 6.45) is 1.83. The number of rotatable bonds is 2. The lowest BCUT2D eigenvalue weighted by Gasteiger charge is -2.09. The Bertz CT molecular complexity index is 680. The number of pyridine rings is 1. The molecule has 0 saturated carbocycles. The van der Waals surface area contributed by atoms with Gasteiger partial charge >= 0.3 is 0 Å². The molecule has 0 unspecified atom stereocenters. The van der Waals surface area contributed by atoms with Crippen molar-refractivity contribution < 1.29 is 0 Å². The first-order chi connectivity index (χ1) is 8.84. The molecular formula is C15H11ClN2. The molecule has 3 aromatic rings. The van der Waals surface area contributed by atoms with Crippen LogP contribution in [-0.2, 0) is 0 Å². The molecule has 1 N–H and O–H groups in total. The normalized spacial score (nSPS) is 10.5. The predicted molar refractivity (Wildman–Crippen MR) is 76.5 cm³/mol. The van der Waals surface area contributed by atoms with E-state index in [0.717, 1.165) is 16.5 Å². The van der Waals surface area contributed by atoms with Gasteiger partial charge < -0.3 is 5.32 Å². The summed E-state index contributed by atoms with van der Waals surface area (Å²) < 4.78 is 0. The topological polar surface area (TPSA) is 24.9 Å². The molecule has 0 aliphatic carbocycles. The lowest BCUT2D eigenvalue weighted by atomic mass is 10.2. The van der Waals surface area contributed by atoms with Crippen LogP contribution in [0, 0.1) is 0 Å². The molecule has 1 aromatic heterocycles. The third-order valence-corrected chi connectivity index (χ3v) is 3.16. The lowest BCUT2D eigenvalue weighted by molar-refractivity contribution is 1.33. The Morgan fingerprint density at radius 1 is 0.889 bits per heavy atom. The molecule has 0 spiro atoms. The minimum atomic E-state index is 0.650. The second-order valence-corrected chi connectivity index (χ2v) is 4.38. The predicted octanol–water partition coefficient (Wildman–Crippen LogP) is 4.63. The van der Waals surface area contributed by atoms with Gasteiger partial charge in [-0.2, -0.15) is 0 Å². The number of hydrogen-bond donors (Lipinski definition) is 1. The van der Waals surface area contributed by atoms with Gasteiger partial charge in [0.15, 0.2) is 0 Å². The molecule has 2 nitrogen and oxygen atoms in total. The maximum absolute atomic E-state index is 6.37. The van der Waals surface area contributed by atoms with Crippen LogP contribution in [0.5, 0.6) is 0 Å². The summed E-state index contributed by atoms with van der Waals surface area (Å²) in [5.74, 6) is 0.682. The van der Waals surface area contributed by atoms with Crippen molar-refractivity contribution in [3.63, 3.8) is 0 Å². The van der Waals surface area contributed by atoms with Crippen molar-refractivity contribution in [1.82, 2.24) is 4.98 Å². The van der Waals surface area contributed by atoms with Crippen molar-refractivity contribution in [3.8, 4) is 0 Å². The molecule has 3 heteroatoms. The van der Waals surface area contributed by atoms with E-state index in [2.05, 4.69) is 10.3 Å². The second-order valence-electron chi connectivity index (χ2n) is 4.00. The number of halogens is 1. The summed E-state index contributed by atoms with van der Waals surface area (Å²) >= 11 is 6.37. The average Bonchev–Trinajstić information content (AvgIpc) is 2.43.